The summed E-state index contributed by atoms with van der Waals surface area (Å²) in [5, 5.41) is 6.89. The van der Waals surface area contributed by atoms with E-state index >= 15 is 0 Å². The van der Waals surface area contributed by atoms with Gasteiger partial charge in [-0.2, -0.15) is 5.10 Å². The van der Waals surface area contributed by atoms with Gasteiger partial charge in [0, 0.05) is 23.5 Å². The van der Waals surface area contributed by atoms with Crippen molar-refractivity contribution < 1.29 is 4.39 Å². The van der Waals surface area contributed by atoms with E-state index in [1.54, 1.807) is 24.5 Å². The molecule has 3 rings (SSSR count). The summed E-state index contributed by atoms with van der Waals surface area (Å²) in [5.41, 5.74) is 1.48. The van der Waals surface area contributed by atoms with Gasteiger partial charge in [-0.1, -0.05) is 12.1 Å². The molecule has 0 radical (unpaired) electrons. The van der Waals surface area contributed by atoms with Crippen molar-refractivity contribution in [2.24, 2.45) is 0 Å². The van der Waals surface area contributed by atoms with Crippen LogP contribution in [0.25, 0.3) is 22.8 Å². The van der Waals surface area contributed by atoms with Gasteiger partial charge in [0.1, 0.15) is 5.82 Å². The number of nitrogens with zero attached hydrogens (tertiary/aromatic N) is 3. The lowest BCUT2D eigenvalue weighted by Gasteiger charge is -1.95. The molecule has 0 aliphatic rings. The molecule has 0 aliphatic carbocycles. The Morgan fingerprint density at radius 3 is 2.72 bits per heavy atom. The van der Waals surface area contributed by atoms with E-state index in [1.165, 1.54) is 12.1 Å². The van der Waals surface area contributed by atoms with Crippen LogP contribution in [0.15, 0.2) is 48.8 Å². The van der Waals surface area contributed by atoms with Crippen molar-refractivity contribution in [3.63, 3.8) is 0 Å². The fourth-order valence-corrected chi connectivity index (χ4v) is 1.65. The predicted molar refractivity (Wildman–Crippen MR) is 65.0 cm³/mol. The van der Waals surface area contributed by atoms with Crippen LogP contribution in [-0.2, 0) is 0 Å². The molecule has 1 aromatic carbocycles. The van der Waals surface area contributed by atoms with Crippen molar-refractivity contribution in [2.45, 2.75) is 0 Å². The van der Waals surface area contributed by atoms with Gasteiger partial charge in [0.25, 0.3) is 0 Å². The quantitative estimate of drug-likeness (QED) is 0.749. The minimum Gasteiger partial charge on any atom is -0.264 e. The van der Waals surface area contributed by atoms with Gasteiger partial charge in [-0.25, -0.2) is 9.37 Å². The Hall–Kier alpha value is -2.56. The standard InChI is InChI=1S/C13H9FN4/c14-11-5-1-3-9(7-11)12-16-13(18-17-12)10-4-2-6-15-8-10/h1-8H,(H,16,17,18). The Labute approximate surface area is 103 Å². The SMILES string of the molecule is Fc1cccc(-c2nc(-c3cccnc3)n[nH]2)c1. The first-order valence-corrected chi connectivity index (χ1v) is 5.42. The Morgan fingerprint density at radius 1 is 1.06 bits per heavy atom. The van der Waals surface area contributed by atoms with Gasteiger partial charge in [-0.15, -0.1) is 0 Å². The van der Waals surface area contributed by atoms with E-state index in [1.807, 2.05) is 12.1 Å². The third kappa shape index (κ3) is 1.98. The third-order valence-electron chi connectivity index (χ3n) is 2.50. The molecule has 3 aromatic rings. The molecular weight excluding hydrogens is 231 g/mol. The van der Waals surface area contributed by atoms with Crippen LogP contribution in [0, 0.1) is 5.82 Å². The second-order valence-electron chi connectivity index (χ2n) is 3.76. The summed E-state index contributed by atoms with van der Waals surface area (Å²) in [6.45, 7) is 0. The maximum Gasteiger partial charge on any atom is 0.183 e. The monoisotopic (exact) mass is 240 g/mol. The molecule has 5 heteroatoms. The van der Waals surface area contributed by atoms with E-state index < -0.39 is 0 Å². The van der Waals surface area contributed by atoms with Gasteiger partial charge in [0.05, 0.1) is 0 Å². The molecule has 0 aliphatic heterocycles. The molecule has 0 spiro atoms. The number of aromatic nitrogens is 4. The summed E-state index contributed by atoms with van der Waals surface area (Å²) in [6, 6.07) is 9.89. The molecule has 2 aromatic heterocycles. The molecule has 0 amide bonds. The summed E-state index contributed by atoms with van der Waals surface area (Å²) in [7, 11) is 0. The van der Waals surface area contributed by atoms with E-state index in [0.717, 1.165) is 5.56 Å². The van der Waals surface area contributed by atoms with E-state index in [4.69, 9.17) is 0 Å². The van der Waals surface area contributed by atoms with E-state index in [2.05, 4.69) is 20.2 Å². The van der Waals surface area contributed by atoms with Crippen LogP contribution < -0.4 is 0 Å². The fourth-order valence-electron chi connectivity index (χ4n) is 1.65. The average molecular weight is 240 g/mol. The maximum absolute atomic E-state index is 13.1. The third-order valence-corrected chi connectivity index (χ3v) is 2.50. The minimum absolute atomic E-state index is 0.299. The highest BCUT2D eigenvalue weighted by Crippen LogP contribution is 2.19. The number of halogens is 1. The van der Waals surface area contributed by atoms with E-state index in [-0.39, 0.29) is 5.82 Å². The number of H-pyrrole nitrogens is 1. The van der Waals surface area contributed by atoms with Crippen LogP contribution in [0.5, 0.6) is 0 Å². The smallest absolute Gasteiger partial charge is 0.183 e. The van der Waals surface area contributed by atoms with Gasteiger partial charge in [-0.05, 0) is 24.3 Å². The topological polar surface area (TPSA) is 54.5 Å². The number of benzene rings is 1. The molecule has 1 N–H and O–H groups in total. The normalized spacial score (nSPS) is 10.5. The molecular formula is C13H9FN4. The second kappa shape index (κ2) is 4.37. The zero-order valence-electron chi connectivity index (χ0n) is 9.34. The van der Waals surface area contributed by atoms with Crippen molar-refractivity contribution in [1.29, 1.82) is 0 Å². The number of aromatic amines is 1. The van der Waals surface area contributed by atoms with Crippen molar-refractivity contribution in [1.82, 2.24) is 20.2 Å². The van der Waals surface area contributed by atoms with Crippen molar-refractivity contribution in [3.05, 3.63) is 54.6 Å². The summed E-state index contributed by atoms with van der Waals surface area (Å²) in [4.78, 5) is 8.32. The maximum atomic E-state index is 13.1. The van der Waals surface area contributed by atoms with Crippen LogP contribution in [0.3, 0.4) is 0 Å². The molecule has 0 atom stereocenters. The van der Waals surface area contributed by atoms with Crippen molar-refractivity contribution >= 4 is 0 Å². The van der Waals surface area contributed by atoms with Crippen LogP contribution in [0.4, 0.5) is 4.39 Å². The van der Waals surface area contributed by atoms with Gasteiger partial charge in [-0.3, -0.25) is 10.1 Å². The summed E-state index contributed by atoms with van der Waals surface area (Å²) in [6.07, 6.45) is 3.36. The highest BCUT2D eigenvalue weighted by molar-refractivity contribution is 5.60. The summed E-state index contributed by atoms with van der Waals surface area (Å²) >= 11 is 0. The first-order chi connectivity index (χ1) is 8.83. The zero-order chi connectivity index (χ0) is 12.4. The number of hydrogen-bond donors (Lipinski definition) is 1. The number of nitrogens with one attached hydrogen (secondary N) is 1. The Balaban J connectivity index is 2.00. The van der Waals surface area contributed by atoms with E-state index in [0.29, 0.717) is 17.2 Å². The predicted octanol–water partition coefficient (Wildman–Crippen LogP) is 2.67. The zero-order valence-corrected chi connectivity index (χ0v) is 9.34. The molecule has 0 saturated heterocycles. The highest BCUT2D eigenvalue weighted by atomic mass is 19.1. The highest BCUT2D eigenvalue weighted by Gasteiger charge is 2.07. The molecule has 4 nitrogen and oxygen atoms in total. The molecule has 0 fully saturated rings. The lowest BCUT2D eigenvalue weighted by Crippen LogP contribution is -1.83. The first kappa shape index (κ1) is 10.6. The van der Waals surface area contributed by atoms with E-state index in [9.17, 15) is 4.39 Å². The average Bonchev–Trinajstić information content (AvgIpc) is 2.89. The fraction of sp³-hybridized carbons (Fsp3) is 0. The lowest BCUT2D eigenvalue weighted by molar-refractivity contribution is 0.628. The van der Waals surface area contributed by atoms with Gasteiger partial charge in [0.15, 0.2) is 11.6 Å². The number of hydrogen-bond acceptors (Lipinski definition) is 3. The second-order valence-corrected chi connectivity index (χ2v) is 3.76. The summed E-state index contributed by atoms with van der Waals surface area (Å²) < 4.78 is 13.1. The largest absolute Gasteiger partial charge is 0.264 e. The lowest BCUT2D eigenvalue weighted by atomic mass is 10.2. The van der Waals surface area contributed by atoms with Crippen LogP contribution >= 0.6 is 0 Å². The van der Waals surface area contributed by atoms with Gasteiger partial charge in [0.2, 0.25) is 0 Å². The molecule has 0 bridgehead atoms. The Morgan fingerprint density at radius 2 is 1.94 bits per heavy atom. The molecule has 2 heterocycles. The molecule has 0 unspecified atom stereocenters. The minimum atomic E-state index is -0.299. The number of pyridine rings is 1. The van der Waals surface area contributed by atoms with Crippen molar-refractivity contribution in [3.8, 4) is 22.8 Å². The first-order valence-electron chi connectivity index (χ1n) is 5.42. The van der Waals surface area contributed by atoms with Crippen molar-refractivity contribution in [2.75, 3.05) is 0 Å². The summed E-state index contributed by atoms with van der Waals surface area (Å²) in [5.74, 6) is 0.780. The Kier molecular flexibility index (Phi) is 2.57. The Bertz CT molecular complexity index is 664. The van der Waals surface area contributed by atoms with Crippen LogP contribution in [0.1, 0.15) is 0 Å². The number of rotatable bonds is 2. The molecule has 88 valence electrons. The molecule has 0 saturated carbocycles. The van der Waals surface area contributed by atoms with Gasteiger partial charge < -0.3 is 0 Å². The molecule has 18 heavy (non-hydrogen) atoms. The van der Waals surface area contributed by atoms with Crippen LogP contribution in [0.2, 0.25) is 0 Å². The van der Waals surface area contributed by atoms with Crippen LogP contribution in [-0.4, -0.2) is 20.2 Å². The van der Waals surface area contributed by atoms with Gasteiger partial charge >= 0.3 is 0 Å².